The van der Waals surface area contributed by atoms with E-state index in [4.69, 9.17) is 4.74 Å². The van der Waals surface area contributed by atoms with E-state index in [1.54, 1.807) is 6.92 Å². The Labute approximate surface area is 75.7 Å². The Balaban J connectivity index is 3.25. The van der Waals surface area contributed by atoms with Crippen LogP contribution in [0.3, 0.4) is 0 Å². The largest absolute Gasteiger partial charge is 0.462 e. The maximum Gasteiger partial charge on any atom is 0.333 e. The first-order chi connectivity index (χ1) is 5.18. The average Bonchev–Trinajstić information content (AvgIpc) is 1.97. The van der Waals surface area contributed by atoms with Gasteiger partial charge in [0.25, 0.3) is 0 Å². The molecule has 0 bridgehead atoms. The molecule has 2 nitrogen and oxygen atoms in total. The average molecular weight is 221 g/mol. The monoisotopic (exact) mass is 220 g/mol. The van der Waals surface area contributed by atoms with Gasteiger partial charge in [-0.3, -0.25) is 0 Å². The minimum atomic E-state index is -0.292. The topological polar surface area (TPSA) is 26.3 Å². The van der Waals surface area contributed by atoms with E-state index < -0.39 is 0 Å². The van der Waals surface area contributed by atoms with E-state index in [2.05, 4.69) is 22.5 Å². The minimum Gasteiger partial charge on any atom is -0.462 e. The highest BCUT2D eigenvalue weighted by molar-refractivity contribution is 9.09. The summed E-state index contributed by atoms with van der Waals surface area (Å²) in [7, 11) is 0. The maximum atomic E-state index is 10.8. The van der Waals surface area contributed by atoms with Crippen molar-refractivity contribution in [1.82, 2.24) is 0 Å². The number of esters is 1. The van der Waals surface area contributed by atoms with Crippen molar-refractivity contribution in [1.29, 1.82) is 0 Å². The summed E-state index contributed by atoms with van der Waals surface area (Å²) in [6.07, 6.45) is 1.94. The molecule has 0 radical (unpaired) electrons. The van der Waals surface area contributed by atoms with Crippen molar-refractivity contribution >= 4 is 21.9 Å². The summed E-state index contributed by atoms with van der Waals surface area (Å²) in [4.78, 5) is 10.8. The molecule has 0 N–H and O–H groups in total. The highest BCUT2D eigenvalue weighted by Gasteiger charge is 2.00. The first-order valence-corrected chi connectivity index (χ1v) is 4.69. The molecule has 0 aliphatic carbocycles. The molecule has 0 atom stereocenters. The lowest BCUT2D eigenvalue weighted by Crippen LogP contribution is -2.06. The van der Waals surface area contributed by atoms with Crippen molar-refractivity contribution in [2.45, 2.75) is 19.8 Å². The molecule has 0 aromatic rings. The van der Waals surface area contributed by atoms with Gasteiger partial charge in [-0.15, -0.1) is 0 Å². The number of hydrogen-bond acceptors (Lipinski definition) is 2. The number of hydrogen-bond donors (Lipinski definition) is 0. The molecule has 0 aliphatic heterocycles. The highest BCUT2D eigenvalue weighted by Crippen LogP contribution is 1.97. The molecule has 11 heavy (non-hydrogen) atoms. The quantitative estimate of drug-likeness (QED) is 0.308. The molecule has 3 heteroatoms. The van der Waals surface area contributed by atoms with E-state index in [0.717, 1.165) is 18.2 Å². The molecule has 64 valence electrons. The number of unbranched alkanes of at least 4 members (excludes halogenated alkanes) is 1. The third kappa shape index (κ3) is 6.10. The first kappa shape index (κ1) is 10.7. The van der Waals surface area contributed by atoms with Crippen LogP contribution in [0.15, 0.2) is 12.2 Å². The van der Waals surface area contributed by atoms with Crippen LogP contribution in [-0.4, -0.2) is 17.9 Å². The van der Waals surface area contributed by atoms with E-state index in [9.17, 15) is 4.79 Å². The van der Waals surface area contributed by atoms with Crippen molar-refractivity contribution in [3.05, 3.63) is 12.2 Å². The summed E-state index contributed by atoms with van der Waals surface area (Å²) in [5, 5.41) is 0.956. The van der Waals surface area contributed by atoms with Crippen LogP contribution in [0, 0.1) is 0 Å². The summed E-state index contributed by atoms with van der Waals surface area (Å²) in [5.74, 6) is -0.292. The van der Waals surface area contributed by atoms with Gasteiger partial charge in [0.05, 0.1) is 6.61 Å². The van der Waals surface area contributed by atoms with Gasteiger partial charge in [0.15, 0.2) is 0 Å². The Kier molecular flexibility index (Phi) is 6.22. The SMILES string of the molecule is C=C(C)C(=O)OCCCCBr. The summed E-state index contributed by atoms with van der Waals surface area (Å²) in [6, 6.07) is 0. The number of carbonyl (C=O) groups excluding carboxylic acids is 1. The van der Waals surface area contributed by atoms with Crippen molar-refractivity contribution in [2.75, 3.05) is 11.9 Å². The van der Waals surface area contributed by atoms with Crippen LogP contribution in [0.4, 0.5) is 0 Å². The molecule has 0 aliphatic rings. The van der Waals surface area contributed by atoms with E-state index in [1.165, 1.54) is 0 Å². The lowest BCUT2D eigenvalue weighted by Gasteiger charge is -2.01. The van der Waals surface area contributed by atoms with Gasteiger partial charge in [-0.05, 0) is 19.8 Å². The summed E-state index contributed by atoms with van der Waals surface area (Å²) in [5.41, 5.74) is 0.462. The summed E-state index contributed by atoms with van der Waals surface area (Å²) in [6.45, 7) is 5.61. The van der Waals surface area contributed by atoms with Gasteiger partial charge in [-0.25, -0.2) is 4.79 Å². The molecular weight excluding hydrogens is 208 g/mol. The van der Waals surface area contributed by atoms with Crippen LogP contribution < -0.4 is 0 Å². The van der Waals surface area contributed by atoms with E-state index in [-0.39, 0.29) is 5.97 Å². The third-order valence-electron chi connectivity index (χ3n) is 1.11. The van der Waals surface area contributed by atoms with E-state index in [0.29, 0.717) is 12.2 Å². The smallest absolute Gasteiger partial charge is 0.333 e. The third-order valence-corrected chi connectivity index (χ3v) is 1.67. The number of carbonyl (C=O) groups is 1. The number of rotatable bonds is 5. The lowest BCUT2D eigenvalue weighted by molar-refractivity contribution is -0.139. The normalized spacial score (nSPS) is 9.27. The molecular formula is C8H13BrO2. The van der Waals surface area contributed by atoms with Gasteiger partial charge in [-0.1, -0.05) is 22.5 Å². The molecule has 0 heterocycles. The van der Waals surface area contributed by atoms with Crippen LogP contribution in [0.1, 0.15) is 19.8 Å². The van der Waals surface area contributed by atoms with Crippen LogP contribution in [0.2, 0.25) is 0 Å². The Morgan fingerprint density at radius 2 is 2.18 bits per heavy atom. The van der Waals surface area contributed by atoms with Gasteiger partial charge >= 0.3 is 5.97 Å². The molecule has 0 rings (SSSR count). The second-order valence-corrected chi connectivity index (χ2v) is 3.11. The maximum absolute atomic E-state index is 10.8. The minimum absolute atomic E-state index is 0.292. The fourth-order valence-corrected chi connectivity index (χ4v) is 0.881. The molecule has 0 amide bonds. The van der Waals surface area contributed by atoms with Crippen LogP contribution in [0.5, 0.6) is 0 Å². The van der Waals surface area contributed by atoms with Gasteiger partial charge in [0.1, 0.15) is 0 Å². The number of halogens is 1. The van der Waals surface area contributed by atoms with Crippen LogP contribution in [-0.2, 0) is 9.53 Å². The van der Waals surface area contributed by atoms with E-state index >= 15 is 0 Å². The Hall–Kier alpha value is -0.310. The molecule has 0 fully saturated rings. The fraction of sp³-hybridized carbons (Fsp3) is 0.625. The van der Waals surface area contributed by atoms with Gasteiger partial charge in [-0.2, -0.15) is 0 Å². The van der Waals surface area contributed by atoms with Crippen molar-refractivity contribution in [3.8, 4) is 0 Å². The molecule has 0 aromatic carbocycles. The Morgan fingerprint density at radius 1 is 1.55 bits per heavy atom. The summed E-state index contributed by atoms with van der Waals surface area (Å²) >= 11 is 3.29. The Bertz CT molecular complexity index is 143. The van der Waals surface area contributed by atoms with Gasteiger partial charge in [0, 0.05) is 10.9 Å². The predicted octanol–water partition coefficient (Wildman–Crippen LogP) is 2.28. The van der Waals surface area contributed by atoms with E-state index in [1.807, 2.05) is 0 Å². The molecule has 0 aromatic heterocycles. The van der Waals surface area contributed by atoms with Crippen LogP contribution in [0.25, 0.3) is 0 Å². The van der Waals surface area contributed by atoms with Gasteiger partial charge in [0.2, 0.25) is 0 Å². The summed E-state index contributed by atoms with van der Waals surface area (Å²) < 4.78 is 4.85. The lowest BCUT2D eigenvalue weighted by atomic mass is 10.3. The molecule has 0 unspecified atom stereocenters. The number of alkyl halides is 1. The predicted molar refractivity (Wildman–Crippen MR) is 48.8 cm³/mol. The van der Waals surface area contributed by atoms with Crippen molar-refractivity contribution in [2.24, 2.45) is 0 Å². The van der Waals surface area contributed by atoms with Crippen molar-refractivity contribution < 1.29 is 9.53 Å². The second-order valence-electron chi connectivity index (χ2n) is 2.31. The van der Waals surface area contributed by atoms with Crippen molar-refractivity contribution in [3.63, 3.8) is 0 Å². The second kappa shape index (κ2) is 6.40. The molecule has 0 saturated carbocycles. The zero-order valence-corrected chi connectivity index (χ0v) is 8.32. The van der Waals surface area contributed by atoms with Crippen LogP contribution >= 0.6 is 15.9 Å². The van der Waals surface area contributed by atoms with Gasteiger partial charge < -0.3 is 4.74 Å². The fourth-order valence-electron chi connectivity index (χ4n) is 0.485. The number of ether oxygens (including phenoxy) is 1. The molecule has 0 spiro atoms. The highest BCUT2D eigenvalue weighted by atomic mass is 79.9. The zero-order chi connectivity index (χ0) is 8.69. The standard InChI is InChI=1S/C8H13BrO2/c1-7(2)8(10)11-6-4-3-5-9/h1,3-6H2,2H3. The first-order valence-electron chi connectivity index (χ1n) is 3.57. The molecule has 0 saturated heterocycles. The Morgan fingerprint density at radius 3 is 2.64 bits per heavy atom. The zero-order valence-electron chi connectivity index (χ0n) is 6.73.